The van der Waals surface area contributed by atoms with Gasteiger partial charge in [-0.15, -0.1) is 0 Å². The van der Waals surface area contributed by atoms with Crippen LogP contribution >= 0.6 is 0 Å². The molecule has 0 aromatic rings. The van der Waals surface area contributed by atoms with Crippen LogP contribution in [0.3, 0.4) is 0 Å². The first-order valence-corrected chi connectivity index (χ1v) is 5.00. The third kappa shape index (κ3) is 3.27. The molecule has 0 aliphatic carbocycles. The SMILES string of the molecule is CC(=O)OC[C@@H]1OCCCC[C@@]1(C)O. The number of esters is 1. The summed E-state index contributed by atoms with van der Waals surface area (Å²) in [7, 11) is 0. The molecule has 4 heteroatoms. The van der Waals surface area contributed by atoms with Crippen molar-refractivity contribution in [2.75, 3.05) is 13.2 Å². The predicted molar refractivity (Wildman–Crippen MR) is 50.8 cm³/mol. The van der Waals surface area contributed by atoms with Crippen molar-refractivity contribution in [3.8, 4) is 0 Å². The zero-order valence-electron chi connectivity index (χ0n) is 8.78. The number of hydrogen-bond acceptors (Lipinski definition) is 4. The van der Waals surface area contributed by atoms with E-state index < -0.39 is 11.7 Å². The van der Waals surface area contributed by atoms with Crippen molar-refractivity contribution >= 4 is 5.97 Å². The van der Waals surface area contributed by atoms with E-state index >= 15 is 0 Å². The van der Waals surface area contributed by atoms with Gasteiger partial charge in [0.15, 0.2) is 0 Å². The van der Waals surface area contributed by atoms with Gasteiger partial charge in [-0.05, 0) is 26.2 Å². The van der Waals surface area contributed by atoms with Gasteiger partial charge in [0, 0.05) is 13.5 Å². The highest BCUT2D eigenvalue weighted by atomic mass is 16.6. The largest absolute Gasteiger partial charge is 0.463 e. The lowest BCUT2D eigenvalue weighted by molar-refractivity contribution is -0.155. The third-order valence-corrected chi connectivity index (χ3v) is 2.53. The van der Waals surface area contributed by atoms with E-state index in [1.165, 1.54) is 6.92 Å². The highest BCUT2D eigenvalue weighted by molar-refractivity contribution is 5.65. The van der Waals surface area contributed by atoms with Gasteiger partial charge >= 0.3 is 5.97 Å². The second-order valence-electron chi connectivity index (χ2n) is 3.98. The predicted octanol–water partition coefficient (Wildman–Crippen LogP) is 0.870. The van der Waals surface area contributed by atoms with Crippen molar-refractivity contribution < 1.29 is 19.4 Å². The monoisotopic (exact) mass is 202 g/mol. The summed E-state index contributed by atoms with van der Waals surface area (Å²) in [4.78, 5) is 10.6. The fourth-order valence-corrected chi connectivity index (χ4v) is 1.57. The minimum Gasteiger partial charge on any atom is -0.463 e. The molecular weight excluding hydrogens is 184 g/mol. The number of hydrogen-bond donors (Lipinski definition) is 1. The van der Waals surface area contributed by atoms with Gasteiger partial charge < -0.3 is 14.6 Å². The third-order valence-electron chi connectivity index (χ3n) is 2.53. The molecule has 0 amide bonds. The summed E-state index contributed by atoms with van der Waals surface area (Å²) in [6, 6.07) is 0. The molecule has 1 heterocycles. The molecular formula is C10H18O4. The fourth-order valence-electron chi connectivity index (χ4n) is 1.57. The lowest BCUT2D eigenvalue weighted by atomic mass is 9.94. The Morgan fingerprint density at radius 3 is 3.00 bits per heavy atom. The molecule has 0 aromatic heterocycles. The Morgan fingerprint density at radius 2 is 2.36 bits per heavy atom. The van der Waals surface area contributed by atoms with Crippen LogP contribution in [0, 0.1) is 0 Å². The highest BCUT2D eigenvalue weighted by Gasteiger charge is 2.34. The van der Waals surface area contributed by atoms with Crippen LogP contribution in [0.4, 0.5) is 0 Å². The summed E-state index contributed by atoms with van der Waals surface area (Å²) in [5, 5.41) is 10.0. The summed E-state index contributed by atoms with van der Waals surface area (Å²) in [5.74, 6) is -0.339. The minimum atomic E-state index is -0.883. The summed E-state index contributed by atoms with van der Waals surface area (Å²) in [6.07, 6.45) is 2.20. The Bertz CT molecular complexity index is 200. The van der Waals surface area contributed by atoms with Crippen molar-refractivity contribution in [2.24, 2.45) is 0 Å². The molecule has 1 saturated heterocycles. The summed E-state index contributed by atoms with van der Waals surface area (Å²) >= 11 is 0. The molecule has 0 spiro atoms. The van der Waals surface area contributed by atoms with Gasteiger partial charge in [-0.25, -0.2) is 0 Å². The molecule has 2 atom stereocenters. The Hall–Kier alpha value is -0.610. The average molecular weight is 202 g/mol. The van der Waals surface area contributed by atoms with Crippen molar-refractivity contribution in [3.63, 3.8) is 0 Å². The summed E-state index contributed by atoms with van der Waals surface area (Å²) in [6.45, 7) is 3.85. The maximum atomic E-state index is 10.6. The standard InChI is InChI=1S/C10H18O4/c1-8(11)14-7-9-10(2,12)5-3-4-6-13-9/h9,12H,3-7H2,1-2H3/t9-,10+/m0/s1. The van der Waals surface area contributed by atoms with E-state index in [4.69, 9.17) is 9.47 Å². The second kappa shape index (κ2) is 4.75. The van der Waals surface area contributed by atoms with Crippen LogP contribution in [0.5, 0.6) is 0 Å². The van der Waals surface area contributed by atoms with Crippen LogP contribution in [0.1, 0.15) is 33.1 Å². The van der Waals surface area contributed by atoms with E-state index in [1.54, 1.807) is 6.92 Å². The summed E-state index contributed by atoms with van der Waals surface area (Å²) < 4.78 is 10.3. The maximum absolute atomic E-state index is 10.6. The van der Waals surface area contributed by atoms with Crippen LogP contribution in [0.15, 0.2) is 0 Å². The molecule has 1 aliphatic heterocycles. The van der Waals surface area contributed by atoms with E-state index in [-0.39, 0.29) is 12.6 Å². The number of ether oxygens (including phenoxy) is 2. The van der Waals surface area contributed by atoms with Crippen LogP contribution in [-0.2, 0) is 14.3 Å². The van der Waals surface area contributed by atoms with Gasteiger partial charge in [0.2, 0.25) is 0 Å². The topological polar surface area (TPSA) is 55.8 Å². The van der Waals surface area contributed by atoms with Gasteiger partial charge in [-0.1, -0.05) is 0 Å². The Kier molecular flexibility index (Phi) is 3.89. The summed E-state index contributed by atoms with van der Waals surface area (Å²) in [5.41, 5.74) is -0.883. The molecule has 0 aromatic carbocycles. The van der Waals surface area contributed by atoms with Gasteiger partial charge in [0.05, 0.1) is 5.60 Å². The molecule has 1 rings (SSSR count). The quantitative estimate of drug-likeness (QED) is 0.675. The van der Waals surface area contributed by atoms with E-state index in [9.17, 15) is 9.90 Å². The van der Waals surface area contributed by atoms with Gasteiger partial charge in [0.25, 0.3) is 0 Å². The second-order valence-corrected chi connectivity index (χ2v) is 3.98. The number of rotatable bonds is 2. The van der Waals surface area contributed by atoms with Crippen molar-refractivity contribution in [1.82, 2.24) is 0 Å². The van der Waals surface area contributed by atoms with Crippen molar-refractivity contribution in [3.05, 3.63) is 0 Å². The molecule has 82 valence electrons. The number of carbonyl (C=O) groups is 1. The van der Waals surface area contributed by atoms with Crippen LogP contribution < -0.4 is 0 Å². The zero-order chi connectivity index (χ0) is 10.6. The lowest BCUT2D eigenvalue weighted by Gasteiger charge is -2.29. The van der Waals surface area contributed by atoms with Gasteiger partial charge in [-0.3, -0.25) is 4.79 Å². The first-order chi connectivity index (χ1) is 6.52. The lowest BCUT2D eigenvalue weighted by Crippen LogP contribution is -2.43. The van der Waals surface area contributed by atoms with Crippen LogP contribution in [0.2, 0.25) is 0 Å². The molecule has 1 fully saturated rings. The zero-order valence-corrected chi connectivity index (χ0v) is 8.78. The van der Waals surface area contributed by atoms with Gasteiger partial charge in [-0.2, -0.15) is 0 Å². The molecule has 0 bridgehead atoms. The normalized spacial score (nSPS) is 33.5. The molecule has 1 N–H and O–H groups in total. The molecule has 0 unspecified atom stereocenters. The number of aliphatic hydroxyl groups is 1. The van der Waals surface area contributed by atoms with Crippen LogP contribution in [-0.4, -0.2) is 36.0 Å². The highest BCUT2D eigenvalue weighted by Crippen LogP contribution is 2.24. The minimum absolute atomic E-state index is 0.141. The Morgan fingerprint density at radius 1 is 1.64 bits per heavy atom. The van der Waals surface area contributed by atoms with Gasteiger partial charge in [0.1, 0.15) is 12.7 Å². The molecule has 1 aliphatic rings. The molecule has 0 saturated carbocycles. The van der Waals surface area contributed by atoms with Crippen molar-refractivity contribution in [2.45, 2.75) is 44.8 Å². The van der Waals surface area contributed by atoms with E-state index in [2.05, 4.69) is 0 Å². The first kappa shape index (κ1) is 11.5. The molecule has 0 radical (unpaired) electrons. The van der Waals surface area contributed by atoms with E-state index in [0.29, 0.717) is 13.0 Å². The maximum Gasteiger partial charge on any atom is 0.302 e. The smallest absolute Gasteiger partial charge is 0.302 e. The molecule has 14 heavy (non-hydrogen) atoms. The molecule has 4 nitrogen and oxygen atoms in total. The number of carbonyl (C=O) groups excluding carboxylic acids is 1. The average Bonchev–Trinajstić information content (AvgIpc) is 2.23. The van der Waals surface area contributed by atoms with Crippen molar-refractivity contribution in [1.29, 1.82) is 0 Å². The van der Waals surface area contributed by atoms with E-state index in [0.717, 1.165) is 12.8 Å². The Balaban J connectivity index is 2.49. The first-order valence-electron chi connectivity index (χ1n) is 5.00. The van der Waals surface area contributed by atoms with E-state index in [1.807, 2.05) is 0 Å². The fraction of sp³-hybridized carbons (Fsp3) is 0.900. The Labute approximate surface area is 84.2 Å². The van der Waals surface area contributed by atoms with Crippen LogP contribution in [0.25, 0.3) is 0 Å².